The van der Waals surface area contributed by atoms with Gasteiger partial charge in [0.1, 0.15) is 60.6 Å². The zero-order valence-corrected chi connectivity index (χ0v) is 54.2. The number of rotatable bonds is 32. The van der Waals surface area contributed by atoms with E-state index in [2.05, 4.69) is 64.7 Å². The lowest BCUT2D eigenvalue weighted by molar-refractivity contribution is -0.153. The minimum absolute atomic E-state index is 0.0138. The van der Waals surface area contributed by atoms with Crippen LogP contribution in [0.3, 0.4) is 0 Å². The average molecular weight is 1360 g/mol. The summed E-state index contributed by atoms with van der Waals surface area (Å²) in [4.78, 5) is 187. The number of cyclic esters (lactones) is 1. The van der Waals surface area contributed by atoms with Gasteiger partial charge in [-0.3, -0.25) is 47.9 Å². The number of hydrogen-bond donors (Lipinski definition) is 19. The van der Waals surface area contributed by atoms with Crippen molar-refractivity contribution in [3.63, 3.8) is 0 Å². The Morgan fingerprint density at radius 1 is 0.691 bits per heavy atom. The number of unbranched alkanes of at least 4 members (excludes halogenated alkanes) is 9. The number of aliphatic carboxylic acids is 1. The zero-order valence-electron chi connectivity index (χ0n) is 53.4. The summed E-state index contributed by atoms with van der Waals surface area (Å²) in [6.45, 7) is 2.47. The second-order valence-corrected chi connectivity index (χ2v) is 22.7. The maximum Gasteiger partial charge on any atom is 0.335 e. The first kappa shape index (κ1) is 82.2. The molecule has 0 radical (unpaired) electrons. The van der Waals surface area contributed by atoms with Gasteiger partial charge in [-0.15, -0.1) is 11.6 Å². The Hall–Kier alpha value is -7.93. The number of carboxylic acids is 1. The number of alkyl halides is 1. The van der Waals surface area contributed by atoms with Gasteiger partial charge in [0.15, 0.2) is 12.1 Å². The highest BCUT2D eigenvalue weighted by molar-refractivity contribution is 6.18. The number of carbonyl (C=O) groups excluding carboxylic acids is 12. The van der Waals surface area contributed by atoms with Gasteiger partial charge in [-0.05, 0) is 72.0 Å². The van der Waals surface area contributed by atoms with Crippen molar-refractivity contribution in [1.82, 2.24) is 63.1 Å². The number of allylic oxidation sites excluding steroid dienone is 1. The number of carbonyl (C=O) groups is 13. The van der Waals surface area contributed by atoms with E-state index in [4.69, 9.17) is 38.3 Å². The van der Waals surface area contributed by atoms with E-state index in [1.807, 2.05) is 5.32 Å². The van der Waals surface area contributed by atoms with Crippen LogP contribution < -0.4 is 70.4 Å². The van der Waals surface area contributed by atoms with Crippen LogP contribution in [-0.4, -0.2) is 231 Å². The molecule has 0 aromatic carbocycles. The Labute approximate surface area is 548 Å². The zero-order chi connectivity index (χ0) is 70.5. The van der Waals surface area contributed by atoms with Crippen molar-refractivity contribution in [3.8, 4) is 0 Å². The molecule has 94 heavy (non-hydrogen) atoms. The van der Waals surface area contributed by atoms with E-state index in [1.54, 1.807) is 0 Å². The predicted molar refractivity (Wildman–Crippen MR) is 334 cm³/mol. The molecule has 1 aromatic heterocycles. The molecule has 1 aliphatic heterocycles. The van der Waals surface area contributed by atoms with Gasteiger partial charge in [-0.25, -0.2) is 19.4 Å². The number of methoxy groups -OCH3 is 1. The summed E-state index contributed by atoms with van der Waals surface area (Å²) in [6.07, 6.45) is 1.60. The molecule has 13 atom stereocenters. The molecule has 10 amide bonds. The van der Waals surface area contributed by atoms with Gasteiger partial charge in [0.25, 0.3) is 5.91 Å². The summed E-state index contributed by atoms with van der Waals surface area (Å²) in [5.41, 5.74) is 17.0. The number of aromatic nitrogens is 2. The number of carboxylic acid groups (broad SMARTS) is 1. The second-order valence-electron chi connectivity index (χ2n) is 22.4. The van der Waals surface area contributed by atoms with E-state index in [9.17, 15) is 87.9 Å². The number of nitrogens with one attached hydrogen (secondary N) is 11. The van der Waals surface area contributed by atoms with Crippen LogP contribution in [-0.2, 0) is 78.2 Å². The van der Waals surface area contributed by atoms with E-state index in [0.29, 0.717) is 12.1 Å². The normalized spacial score (nSPS) is 23.3. The van der Waals surface area contributed by atoms with Crippen molar-refractivity contribution in [1.29, 1.82) is 0 Å². The fraction of sp³-hybridized carbons (Fsp3) is 0.690. The van der Waals surface area contributed by atoms with E-state index < -0.39 is 213 Å². The summed E-state index contributed by atoms with van der Waals surface area (Å²) in [5, 5.41) is 75.9. The molecule has 0 bridgehead atoms. The minimum atomic E-state index is -2.80. The highest BCUT2D eigenvalue weighted by Crippen LogP contribution is 2.15. The number of H-pyrrole nitrogens is 1. The maximum absolute atomic E-state index is 14.7. The van der Waals surface area contributed by atoms with Crippen LogP contribution in [0.4, 0.5) is 0 Å². The Morgan fingerprint density at radius 3 is 1.79 bits per heavy atom. The number of aromatic amines is 1. The van der Waals surface area contributed by atoms with E-state index in [0.717, 1.165) is 71.5 Å². The standard InChI is InChI=1S/C58H96ClN15O20/c1-5-7-8-9-10-11-12-13-14-17-33(76)25-42(78)66-40-29-94-58(92)45(41(77)27-59)73-48(81)34(6-2)67-54(87)44(31(3)75)72-51(84)37(20-23-62)70-55(88)46(47(80)56(89)90)74-50(83)35(18-15-16-21-60)68-52(85)38(71-49(82)36(19-22-61)69-53(40)86)26-43(79)65-39(57(91)93-4)24-32-28-63-30-64-32/h6,28,30-31,33,35-41,44-47,75-77,80H,5,7-27,29,60-62H2,1-4H3,(H,63,64)(H,65,79)(H,66,78)(H,67,87)(H,68,85)(H,69,86)(H,70,88)(H,71,82)(H,72,84)(H,73,81)(H,74,83)(H,89,90)/b34-6+/t31-,33+,35?,36?,37-,38-,39-,40?,41+,44?,45?,46?,47-/m0/s1. The summed E-state index contributed by atoms with van der Waals surface area (Å²) < 4.78 is 10.3. The largest absolute Gasteiger partial charge is 0.479 e. The first-order valence-corrected chi connectivity index (χ1v) is 31.8. The van der Waals surface area contributed by atoms with E-state index in [-0.39, 0.29) is 38.6 Å². The minimum Gasteiger partial charge on any atom is -0.479 e. The highest BCUT2D eigenvalue weighted by atomic mass is 35.5. The van der Waals surface area contributed by atoms with Gasteiger partial charge in [-0.1, -0.05) is 70.8 Å². The average Bonchev–Trinajstić information content (AvgIpc) is 1.01. The first-order chi connectivity index (χ1) is 44.7. The SMILES string of the molecule is C/C=C1/NC(=O)C([C@H](C)O)NC(=O)[C@H](CCN)NC(=O)C([C@H](O)C(=O)O)NC(=O)C(CCCCN)NC(=O)[C@H](CC(=O)N[C@@H](Cc2cnc[nH]2)C(=O)OC)NC(=O)C(CCN)NC(=O)C(NC(=O)C[C@H](O)CCCCCCCCCCC)COC(=O)C([C@H](O)CCl)NC1=O. The van der Waals surface area contributed by atoms with Crippen molar-refractivity contribution in [3.05, 3.63) is 30.0 Å². The number of ether oxygens (including phenoxy) is 2. The number of aliphatic hydroxyl groups is 4. The maximum atomic E-state index is 14.7. The molecular formula is C58H96ClN15O20. The summed E-state index contributed by atoms with van der Waals surface area (Å²) in [7, 11) is 1.02. The van der Waals surface area contributed by atoms with Gasteiger partial charge < -0.3 is 110 Å². The van der Waals surface area contributed by atoms with Gasteiger partial charge in [0.2, 0.25) is 53.2 Å². The Kier molecular flexibility index (Phi) is 39.0. The molecule has 1 fully saturated rings. The van der Waals surface area contributed by atoms with E-state index >= 15 is 0 Å². The van der Waals surface area contributed by atoms with Crippen LogP contribution >= 0.6 is 11.6 Å². The highest BCUT2D eigenvalue weighted by Gasteiger charge is 2.41. The molecule has 2 rings (SSSR count). The molecule has 0 saturated carbocycles. The van der Waals surface area contributed by atoms with Crippen LogP contribution in [0.2, 0.25) is 0 Å². The van der Waals surface area contributed by atoms with Crippen LogP contribution in [0.1, 0.15) is 136 Å². The summed E-state index contributed by atoms with van der Waals surface area (Å²) in [6, 6.07) is -17.7. The molecule has 1 saturated heterocycles. The number of aliphatic hydroxyl groups excluding tert-OH is 4. The second kappa shape index (κ2) is 44.6. The quantitative estimate of drug-likeness (QED) is 0.0138. The summed E-state index contributed by atoms with van der Waals surface area (Å²) >= 11 is 5.95. The number of nitrogens with two attached hydrogens (primary N) is 3. The number of halogens is 1. The molecule has 530 valence electrons. The molecule has 22 N–H and O–H groups in total. The van der Waals surface area contributed by atoms with Crippen LogP contribution in [0, 0.1) is 0 Å². The van der Waals surface area contributed by atoms with Crippen molar-refractivity contribution < 1.29 is 97.3 Å². The lowest BCUT2D eigenvalue weighted by Gasteiger charge is -2.29. The smallest absolute Gasteiger partial charge is 0.335 e. The number of imidazole rings is 1. The van der Waals surface area contributed by atoms with Crippen molar-refractivity contribution in [2.45, 2.75) is 215 Å². The molecule has 2 heterocycles. The number of nitrogens with zero attached hydrogens (tertiary/aromatic N) is 1. The molecule has 1 aromatic rings. The predicted octanol–water partition coefficient (Wildman–Crippen LogP) is -5.62. The Bertz CT molecular complexity index is 2670. The third-order valence-corrected chi connectivity index (χ3v) is 15.1. The molecule has 0 spiro atoms. The molecule has 35 nitrogen and oxygen atoms in total. The lowest BCUT2D eigenvalue weighted by Crippen LogP contribution is -2.63. The van der Waals surface area contributed by atoms with Gasteiger partial charge in [-0.2, -0.15) is 0 Å². The lowest BCUT2D eigenvalue weighted by atomic mass is 10.0. The van der Waals surface area contributed by atoms with Gasteiger partial charge in [0.05, 0.1) is 50.5 Å². The van der Waals surface area contributed by atoms with Gasteiger partial charge in [0, 0.05) is 18.3 Å². The summed E-state index contributed by atoms with van der Waals surface area (Å²) in [5.74, 6) is -18.2. The molecule has 0 aliphatic carbocycles. The van der Waals surface area contributed by atoms with Crippen molar-refractivity contribution in [2.24, 2.45) is 17.2 Å². The van der Waals surface area contributed by atoms with Crippen LogP contribution in [0.5, 0.6) is 0 Å². The fourth-order valence-electron chi connectivity index (χ4n) is 9.44. The number of amides is 10. The van der Waals surface area contributed by atoms with Crippen molar-refractivity contribution >= 4 is 88.6 Å². The number of esters is 2. The van der Waals surface area contributed by atoms with Gasteiger partial charge >= 0.3 is 17.9 Å². The first-order valence-electron chi connectivity index (χ1n) is 31.2. The third kappa shape index (κ3) is 29.6. The van der Waals surface area contributed by atoms with Crippen LogP contribution in [0.25, 0.3) is 0 Å². The van der Waals surface area contributed by atoms with Crippen LogP contribution in [0.15, 0.2) is 24.3 Å². The molecular weight excluding hydrogens is 1260 g/mol. The van der Waals surface area contributed by atoms with Crippen molar-refractivity contribution in [2.75, 3.05) is 39.2 Å². The third-order valence-electron chi connectivity index (χ3n) is 14.8. The Balaban J connectivity index is 2.90. The fourth-order valence-corrected chi connectivity index (χ4v) is 9.62. The number of hydrogen-bond acceptors (Lipinski definition) is 23. The molecule has 6 unspecified atom stereocenters. The van der Waals surface area contributed by atoms with E-state index in [1.165, 1.54) is 19.4 Å². The Morgan fingerprint density at radius 2 is 1.24 bits per heavy atom. The monoisotopic (exact) mass is 1360 g/mol. The topological polar surface area (TPSA) is 569 Å². The molecule has 36 heteroatoms. The molecule has 1 aliphatic rings.